The monoisotopic (exact) mass is 294 g/mol. The van der Waals surface area contributed by atoms with Gasteiger partial charge in [0.05, 0.1) is 0 Å². The molecule has 4 heteroatoms. The highest BCUT2D eigenvalue weighted by Gasteiger charge is 2.26. The fourth-order valence-electron chi connectivity index (χ4n) is 2.73. The summed E-state index contributed by atoms with van der Waals surface area (Å²) in [5, 5.41) is 10.7. The lowest BCUT2D eigenvalue weighted by molar-refractivity contribution is 0.182. The van der Waals surface area contributed by atoms with E-state index in [1.54, 1.807) is 0 Å². The minimum atomic E-state index is -0.248. The minimum Gasteiger partial charge on any atom is -0.481 e. The van der Waals surface area contributed by atoms with Gasteiger partial charge in [-0.1, -0.05) is 36.8 Å². The highest BCUT2D eigenvalue weighted by molar-refractivity contribution is 5.83. The van der Waals surface area contributed by atoms with Crippen molar-refractivity contribution in [2.45, 2.75) is 38.2 Å². The second-order valence-corrected chi connectivity index (χ2v) is 5.88. The molecular formula is C18H18N2O2. The van der Waals surface area contributed by atoms with Crippen LogP contribution < -0.4 is 4.74 Å². The molecule has 1 saturated carbocycles. The summed E-state index contributed by atoms with van der Waals surface area (Å²) in [6.45, 7) is 1.94. The van der Waals surface area contributed by atoms with Crippen LogP contribution in [0.2, 0.25) is 0 Å². The molecule has 1 aliphatic carbocycles. The molecule has 1 atom stereocenters. The normalized spacial score (nSPS) is 16.4. The molecule has 0 saturated heterocycles. The first-order valence-electron chi connectivity index (χ1n) is 7.78. The lowest BCUT2D eigenvalue weighted by atomic mass is 9.85. The van der Waals surface area contributed by atoms with Gasteiger partial charge in [-0.3, -0.25) is 0 Å². The number of hydrogen-bond acceptors (Lipinski definition) is 4. The van der Waals surface area contributed by atoms with E-state index in [9.17, 15) is 0 Å². The van der Waals surface area contributed by atoms with E-state index in [2.05, 4.69) is 28.4 Å². The first-order chi connectivity index (χ1) is 10.8. The van der Waals surface area contributed by atoms with Gasteiger partial charge in [-0.25, -0.2) is 0 Å². The molecule has 0 spiro atoms. The first-order valence-corrected chi connectivity index (χ1v) is 7.78. The summed E-state index contributed by atoms with van der Waals surface area (Å²) < 4.78 is 11.7. The van der Waals surface area contributed by atoms with Gasteiger partial charge in [-0.2, -0.15) is 0 Å². The molecule has 4 rings (SSSR count). The quantitative estimate of drug-likeness (QED) is 0.704. The van der Waals surface area contributed by atoms with Crippen LogP contribution in [-0.2, 0) is 0 Å². The van der Waals surface area contributed by atoms with Crippen molar-refractivity contribution in [3.05, 3.63) is 54.2 Å². The van der Waals surface area contributed by atoms with E-state index >= 15 is 0 Å². The molecule has 1 aliphatic rings. The molecule has 1 fully saturated rings. The van der Waals surface area contributed by atoms with Crippen molar-refractivity contribution in [3.8, 4) is 5.75 Å². The van der Waals surface area contributed by atoms with E-state index in [-0.39, 0.29) is 6.10 Å². The molecule has 0 amide bonds. The summed E-state index contributed by atoms with van der Waals surface area (Å²) in [4.78, 5) is 0. The molecule has 2 aromatic carbocycles. The van der Waals surface area contributed by atoms with Crippen LogP contribution in [0.3, 0.4) is 0 Å². The van der Waals surface area contributed by atoms with Crippen LogP contribution in [0.4, 0.5) is 0 Å². The Kier molecular flexibility index (Phi) is 3.29. The lowest BCUT2D eigenvalue weighted by Crippen LogP contribution is -2.08. The highest BCUT2D eigenvalue weighted by atomic mass is 16.5. The second kappa shape index (κ2) is 5.44. The third kappa shape index (κ3) is 2.45. The molecule has 0 radical (unpaired) electrons. The smallest absolute Gasteiger partial charge is 0.256 e. The van der Waals surface area contributed by atoms with Gasteiger partial charge in [0.15, 0.2) is 6.10 Å². The van der Waals surface area contributed by atoms with Crippen molar-refractivity contribution < 1.29 is 9.15 Å². The Morgan fingerprint density at radius 3 is 2.68 bits per heavy atom. The maximum Gasteiger partial charge on any atom is 0.256 e. The van der Waals surface area contributed by atoms with Gasteiger partial charge in [-0.05, 0) is 42.7 Å². The molecule has 0 N–H and O–H groups in total. The number of nitrogens with zero attached hydrogens (tertiary/aromatic N) is 2. The summed E-state index contributed by atoms with van der Waals surface area (Å²) in [5.74, 6) is 2.58. The average molecular weight is 294 g/mol. The summed E-state index contributed by atoms with van der Waals surface area (Å²) in [6, 6.07) is 14.3. The van der Waals surface area contributed by atoms with Gasteiger partial charge in [0.25, 0.3) is 5.89 Å². The van der Waals surface area contributed by atoms with Gasteiger partial charge < -0.3 is 9.15 Å². The standard InChI is InChI=1S/C18H18N2O2/c1-12(17-19-20-18(22-17)14-7-4-8-14)21-16-10-9-13-5-2-3-6-15(13)11-16/h2-3,5-6,9-12,14H,4,7-8H2,1H3. The summed E-state index contributed by atoms with van der Waals surface area (Å²) in [7, 11) is 0. The first kappa shape index (κ1) is 13.3. The largest absolute Gasteiger partial charge is 0.481 e. The second-order valence-electron chi connectivity index (χ2n) is 5.88. The topological polar surface area (TPSA) is 48.2 Å². The van der Waals surface area contributed by atoms with Crippen molar-refractivity contribution >= 4 is 10.8 Å². The Balaban J connectivity index is 1.52. The zero-order valence-electron chi connectivity index (χ0n) is 12.5. The van der Waals surface area contributed by atoms with Crippen LogP contribution in [-0.4, -0.2) is 10.2 Å². The van der Waals surface area contributed by atoms with Gasteiger partial charge >= 0.3 is 0 Å². The summed E-state index contributed by atoms with van der Waals surface area (Å²) in [5.41, 5.74) is 0. The molecular weight excluding hydrogens is 276 g/mol. The predicted octanol–water partition coefficient (Wildman–Crippen LogP) is 4.63. The maximum atomic E-state index is 5.96. The maximum absolute atomic E-state index is 5.96. The molecule has 4 nitrogen and oxygen atoms in total. The van der Waals surface area contributed by atoms with E-state index in [0.717, 1.165) is 29.9 Å². The van der Waals surface area contributed by atoms with E-state index in [0.29, 0.717) is 11.8 Å². The van der Waals surface area contributed by atoms with E-state index in [1.165, 1.54) is 11.8 Å². The van der Waals surface area contributed by atoms with Crippen molar-refractivity contribution in [2.75, 3.05) is 0 Å². The number of fused-ring (bicyclic) bond motifs is 1. The molecule has 22 heavy (non-hydrogen) atoms. The average Bonchev–Trinajstić information content (AvgIpc) is 2.95. The van der Waals surface area contributed by atoms with Gasteiger partial charge in [0.2, 0.25) is 5.89 Å². The number of benzene rings is 2. The number of ether oxygens (including phenoxy) is 1. The zero-order valence-corrected chi connectivity index (χ0v) is 12.5. The van der Waals surface area contributed by atoms with Crippen molar-refractivity contribution in [2.24, 2.45) is 0 Å². The molecule has 1 aromatic heterocycles. The van der Waals surface area contributed by atoms with Crippen molar-refractivity contribution in [3.63, 3.8) is 0 Å². The lowest BCUT2D eigenvalue weighted by Gasteiger charge is -2.20. The van der Waals surface area contributed by atoms with E-state index in [1.807, 2.05) is 31.2 Å². The van der Waals surface area contributed by atoms with Crippen molar-refractivity contribution in [1.82, 2.24) is 10.2 Å². The van der Waals surface area contributed by atoms with Crippen LogP contribution in [0.1, 0.15) is 50.0 Å². The Morgan fingerprint density at radius 2 is 1.91 bits per heavy atom. The fourth-order valence-corrected chi connectivity index (χ4v) is 2.73. The Labute approximate surface area is 129 Å². The zero-order chi connectivity index (χ0) is 14.9. The molecule has 0 aliphatic heterocycles. The Hall–Kier alpha value is -2.36. The van der Waals surface area contributed by atoms with Crippen LogP contribution in [0, 0.1) is 0 Å². The Bertz CT molecular complexity index is 792. The highest BCUT2D eigenvalue weighted by Crippen LogP contribution is 2.36. The SMILES string of the molecule is CC(Oc1ccc2ccccc2c1)c1nnc(C2CCC2)o1. The minimum absolute atomic E-state index is 0.248. The number of aromatic nitrogens is 2. The van der Waals surface area contributed by atoms with Crippen LogP contribution >= 0.6 is 0 Å². The van der Waals surface area contributed by atoms with E-state index < -0.39 is 0 Å². The number of rotatable bonds is 4. The predicted molar refractivity (Wildman–Crippen MR) is 83.9 cm³/mol. The molecule has 3 aromatic rings. The summed E-state index contributed by atoms with van der Waals surface area (Å²) in [6.07, 6.45) is 3.32. The molecule has 112 valence electrons. The number of hydrogen-bond donors (Lipinski definition) is 0. The third-order valence-electron chi connectivity index (χ3n) is 4.29. The van der Waals surface area contributed by atoms with Crippen molar-refractivity contribution in [1.29, 1.82) is 0 Å². The van der Waals surface area contributed by atoms with Crippen LogP contribution in [0.5, 0.6) is 5.75 Å². The Morgan fingerprint density at radius 1 is 1.09 bits per heavy atom. The fraction of sp³-hybridized carbons (Fsp3) is 0.333. The molecule has 1 heterocycles. The van der Waals surface area contributed by atoms with Gasteiger partial charge in [-0.15, -0.1) is 10.2 Å². The molecule has 0 bridgehead atoms. The third-order valence-corrected chi connectivity index (χ3v) is 4.29. The van der Waals surface area contributed by atoms with Crippen LogP contribution in [0.25, 0.3) is 10.8 Å². The van der Waals surface area contributed by atoms with Crippen LogP contribution in [0.15, 0.2) is 46.9 Å². The van der Waals surface area contributed by atoms with Gasteiger partial charge in [0.1, 0.15) is 5.75 Å². The van der Waals surface area contributed by atoms with E-state index in [4.69, 9.17) is 9.15 Å². The summed E-state index contributed by atoms with van der Waals surface area (Å²) >= 11 is 0. The van der Waals surface area contributed by atoms with Gasteiger partial charge in [0, 0.05) is 5.92 Å². The molecule has 1 unspecified atom stereocenters.